The fraction of sp³-hybridized carbons (Fsp3) is 0.600. The number of nitrogens with zero attached hydrogens (tertiary/aromatic N) is 1. The van der Waals surface area contributed by atoms with E-state index in [2.05, 4.69) is 16.7 Å². The van der Waals surface area contributed by atoms with E-state index in [-0.39, 0.29) is 11.9 Å². The second-order valence-corrected chi connectivity index (χ2v) is 6.62. The van der Waals surface area contributed by atoms with Crippen LogP contribution in [0.4, 0.5) is 5.00 Å². The van der Waals surface area contributed by atoms with Crippen LogP contribution >= 0.6 is 11.3 Å². The number of amides is 1. The SMILES string of the molecule is N#Cc1c(NC(=O)C2CCCN2)sc2c1CCCCC2. The number of carbonyl (C=O) groups excluding carboxylic acids is 1. The summed E-state index contributed by atoms with van der Waals surface area (Å²) in [5.41, 5.74) is 1.89. The Hall–Kier alpha value is -1.38. The molecule has 1 amide bonds. The van der Waals surface area contributed by atoms with Gasteiger partial charge in [-0.15, -0.1) is 11.3 Å². The van der Waals surface area contributed by atoms with Gasteiger partial charge in [0, 0.05) is 4.88 Å². The molecule has 20 heavy (non-hydrogen) atoms. The van der Waals surface area contributed by atoms with E-state index in [1.807, 2.05) is 0 Å². The third-order valence-corrected chi connectivity index (χ3v) is 5.35. The van der Waals surface area contributed by atoms with Crippen LogP contribution < -0.4 is 10.6 Å². The van der Waals surface area contributed by atoms with Crippen molar-refractivity contribution in [2.45, 2.75) is 51.0 Å². The lowest BCUT2D eigenvalue weighted by Gasteiger charge is -2.10. The van der Waals surface area contributed by atoms with E-state index in [9.17, 15) is 10.1 Å². The molecule has 1 atom stereocenters. The molecule has 4 nitrogen and oxygen atoms in total. The average Bonchev–Trinajstić information content (AvgIpc) is 3.02. The highest BCUT2D eigenvalue weighted by Crippen LogP contribution is 2.37. The number of hydrogen-bond acceptors (Lipinski definition) is 4. The van der Waals surface area contributed by atoms with Gasteiger partial charge >= 0.3 is 0 Å². The predicted octanol–water partition coefficient (Wildman–Crippen LogP) is 2.58. The minimum absolute atomic E-state index is 0.00964. The fourth-order valence-electron chi connectivity index (χ4n) is 3.06. The molecule has 2 N–H and O–H groups in total. The number of nitriles is 1. The highest BCUT2D eigenvalue weighted by molar-refractivity contribution is 7.16. The summed E-state index contributed by atoms with van der Waals surface area (Å²) in [7, 11) is 0. The first-order valence-electron chi connectivity index (χ1n) is 7.38. The van der Waals surface area contributed by atoms with Gasteiger partial charge in [-0.05, 0) is 50.6 Å². The van der Waals surface area contributed by atoms with Crippen molar-refractivity contribution in [2.75, 3.05) is 11.9 Å². The summed E-state index contributed by atoms with van der Waals surface area (Å²) in [5, 5.41) is 16.4. The molecular formula is C15H19N3OS. The van der Waals surface area contributed by atoms with Crippen LogP contribution in [0.25, 0.3) is 0 Å². The van der Waals surface area contributed by atoms with Gasteiger partial charge in [0.2, 0.25) is 5.91 Å². The predicted molar refractivity (Wildman–Crippen MR) is 79.9 cm³/mol. The van der Waals surface area contributed by atoms with Gasteiger partial charge in [0.25, 0.3) is 0 Å². The van der Waals surface area contributed by atoms with Crippen molar-refractivity contribution in [3.63, 3.8) is 0 Å². The maximum absolute atomic E-state index is 12.2. The topological polar surface area (TPSA) is 64.9 Å². The normalized spacial score (nSPS) is 21.9. The number of nitrogens with one attached hydrogen (secondary N) is 2. The molecule has 2 heterocycles. The number of aryl methyl sites for hydroxylation is 1. The second kappa shape index (κ2) is 5.94. The maximum Gasteiger partial charge on any atom is 0.242 e. The largest absolute Gasteiger partial charge is 0.315 e. The van der Waals surface area contributed by atoms with Crippen LogP contribution in [-0.2, 0) is 17.6 Å². The molecule has 0 spiro atoms. The Balaban J connectivity index is 1.82. The summed E-state index contributed by atoms with van der Waals surface area (Å²) in [6.45, 7) is 0.907. The van der Waals surface area contributed by atoms with E-state index in [0.29, 0.717) is 5.56 Å². The Bertz CT molecular complexity index is 552. The van der Waals surface area contributed by atoms with Gasteiger partial charge in [-0.25, -0.2) is 0 Å². The van der Waals surface area contributed by atoms with Gasteiger partial charge in [0.15, 0.2) is 0 Å². The van der Waals surface area contributed by atoms with Crippen molar-refractivity contribution in [3.05, 3.63) is 16.0 Å². The van der Waals surface area contributed by atoms with Crippen molar-refractivity contribution in [3.8, 4) is 6.07 Å². The molecule has 1 aliphatic heterocycles. The smallest absolute Gasteiger partial charge is 0.242 e. The summed E-state index contributed by atoms with van der Waals surface area (Å²) in [6.07, 6.45) is 7.54. The Morgan fingerprint density at radius 3 is 2.90 bits per heavy atom. The third-order valence-electron chi connectivity index (χ3n) is 4.15. The van der Waals surface area contributed by atoms with E-state index in [1.54, 1.807) is 11.3 Å². The molecule has 106 valence electrons. The zero-order valence-electron chi connectivity index (χ0n) is 11.5. The molecule has 0 radical (unpaired) electrons. The van der Waals surface area contributed by atoms with Crippen molar-refractivity contribution in [2.24, 2.45) is 0 Å². The van der Waals surface area contributed by atoms with E-state index in [1.165, 1.54) is 23.3 Å². The van der Waals surface area contributed by atoms with E-state index >= 15 is 0 Å². The molecule has 1 aliphatic carbocycles. The lowest BCUT2D eigenvalue weighted by molar-refractivity contribution is -0.117. The van der Waals surface area contributed by atoms with Gasteiger partial charge in [0.05, 0.1) is 11.6 Å². The van der Waals surface area contributed by atoms with Gasteiger partial charge in [-0.3, -0.25) is 4.79 Å². The molecule has 0 aromatic carbocycles. The zero-order valence-corrected chi connectivity index (χ0v) is 12.3. The molecule has 1 aromatic rings. The number of anilines is 1. The van der Waals surface area contributed by atoms with Gasteiger partial charge in [-0.1, -0.05) is 6.42 Å². The highest BCUT2D eigenvalue weighted by Gasteiger charge is 2.25. The van der Waals surface area contributed by atoms with Crippen LogP contribution in [0.15, 0.2) is 0 Å². The first kappa shape index (κ1) is 13.6. The average molecular weight is 289 g/mol. The van der Waals surface area contributed by atoms with Crippen LogP contribution in [0, 0.1) is 11.3 Å². The molecule has 0 bridgehead atoms. The monoisotopic (exact) mass is 289 g/mol. The minimum atomic E-state index is -0.0940. The first-order chi connectivity index (χ1) is 9.79. The standard InChI is InChI=1S/C15H19N3OS/c16-9-11-10-5-2-1-3-7-13(10)20-15(11)18-14(19)12-6-4-8-17-12/h12,17H,1-8H2,(H,18,19). The second-order valence-electron chi connectivity index (χ2n) is 5.52. The van der Waals surface area contributed by atoms with Crippen LogP contribution in [-0.4, -0.2) is 18.5 Å². The molecule has 1 fully saturated rings. The summed E-state index contributed by atoms with van der Waals surface area (Å²) in [6, 6.07) is 2.21. The zero-order chi connectivity index (χ0) is 13.9. The van der Waals surface area contributed by atoms with Gasteiger partial charge in [-0.2, -0.15) is 5.26 Å². The molecular weight excluding hydrogens is 270 g/mol. The molecule has 3 rings (SSSR count). The minimum Gasteiger partial charge on any atom is -0.315 e. The lowest BCUT2D eigenvalue weighted by Crippen LogP contribution is -2.35. The van der Waals surface area contributed by atoms with E-state index in [4.69, 9.17) is 0 Å². The number of thiophene rings is 1. The Morgan fingerprint density at radius 2 is 2.15 bits per heavy atom. The first-order valence-corrected chi connectivity index (χ1v) is 8.20. The summed E-state index contributed by atoms with van der Waals surface area (Å²) in [4.78, 5) is 13.5. The van der Waals surface area contributed by atoms with Crippen LogP contribution in [0.2, 0.25) is 0 Å². The van der Waals surface area contributed by atoms with Crippen molar-refractivity contribution in [1.29, 1.82) is 5.26 Å². The summed E-state index contributed by atoms with van der Waals surface area (Å²) < 4.78 is 0. The third kappa shape index (κ3) is 2.58. The Kier molecular flexibility index (Phi) is 4.04. The molecule has 1 saturated heterocycles. The van der Waals surface area contributed by atoms with Crippen LogP contribution in [0.1, 0.15) is 48.1 Å². The number of hydrogen-bond donors (Lipinski definition) is 2. The molecule has 5 heteroatoms. The summed E-state index contributed by atoms with van der Waals surface area (Å²) in [5.74, 6) is 0.00964. The highest BCUT2D eigenvalue weighted by atomic mass is 32.1. The fourth-order valence-corrected chi connectivity index (χ4v) is 4.30. The van der Waals surface area contributed by atoms with Gasteiger partial charge < -0.3 is 10.6 Å². The molecule has 0 saturated carbocycles. The molecule has 2 aliphatic rings. The van der Waals surface area contributed by atoms with Crippen LogP contribution in [0.5, 0.6) is 0 Å². The molecule has 1 unspecified atom stereocenters. The van der Waals surface area contributed by atoms with Crippen molar-refractivity contribution < 1.29 is 4.79 Å². The van der Waals surface area contributed by atoms with E-state index < -0.39 is 0 Å². The number of fused-ring (bicyclic) bond motifs is 1. The lowest BCUT2D eigenvalue weighted by atomic mass is 10.1. The van der Waals surface area contributed by atoms with Crippen molar-refractivity contribution >= 4 is 22.2 Å². The Labute approximate surface area is 123 Å². The number of rotatable bonds is 2. The Morgan fingerprint density at radius 1 is 1.30 bits per heavy atom. The summed E-state index contributed by atoms with van der Waals surface area (Å²) >= 11 is 1.60. The molecule has 1 aromatic heterocycles. The van der Waals surface area contributed by atoms with Crippen molar-refractivity contribution in [1.82, 2.24) is 5.32 Å². The number of carbonyl (C=O) groups is 1. The van der Waals surface area contributed by atoms with Crippen LogP contribution in [0.3, 0.4) is 0 Å². The quantitative estimate of drug-likeness (QED) is 0.822. The maximum atomic E-state index is 12.2. The van der Waals surface area contributed by atoms with Gasteiger partial charge in [0.1, 0.15) is 11.1 Å². The van der Waals surface area contributed by atoms with E-state index in [0.717, 1.165) is 43.6 Å².